The summed E-state index contributed by atoms with van der Waals surface area (Å²) in [6.07, 6.45) is 2.74. The van der Waals surface area contributed by atoms with Crippen molar-refractivity contribution in [2.45, 2.75) is 12.0 Å². The van der Waals surface area contributed by atoms with E-state index in [1.807, 2.05) is 11.0 Å². The summed E-state index contributed by atoms with van der Waals surface area (Å²) in [7, 11) is 0. The summed E-state index contributed by atoms with van der Waals surface area (Å²) in [5, 5.41) is 0. The van der Waals surface area contributed by atoms with Crippen LogP contribution in [0.3, 0.4) is 0 Å². The minimum Gasteiger partial charge on any atom is -0.381 e. The van der Waals surface area contributed by atoms with Gasteiger partial charge in [0, 0.05) is 32.8 Å². The van der Waals surface area contributed by atoms with Gasteiger partial charge in [0.1, 0.15) is 5.60 Å². The van der Waals surface area contributed by atoms with Crippen LogP contribution >= 0.6 is 0 Å². The van der Waals surface area contributed by atoms with Gasteiger partial charge in [-0.05, 0) is 6.42 Å². The molecule has 3 aliphatic rings. The number of morpholine rings is 1. The molecule has 0 N–H and O–H groups in total. The molecular weight excluding hydrogens is 284 g/mol. The number of nitrogens with zero attached hydrogens (tertiary/aromatic N) is 2. The lowest BCUT2D eigenvalue weighted by Gasteiger charge is -2.43. The highest BCUT2D eigenvalue weighted by atomic mass is 16.5. The number of carbonyl (C=O) groups is 1. The summed E-state index contributed by atoms with van der Waals surface area (Å²) in [6, 6.07) is 0. The van der Waals surface area contributed by atoms with Crippen molar-refractivity contribution in [3.05, 3.63) is 12.7 Å². The molecule has 0 saturated carbocycles. The third kappa shape index (κ3) is 3.51. The van der Waals surface area contributed by atoms with Crippen LogP contribution < -0.4 is 0 Å². The van der Waals surface area contributed by atoms with E-state index in [0.29, 0.717) is 46.1 Å². The van der Waals surface area contributed by atoms with E-state index in [0.717, 1.165) is 26.1 Å². The summed E-state index contributed by atoms with van der Waals surface area (Å²) in [4.78, 5) is 16.9. The van der Waals surface area contributed by atoms with Crippen molar-refractivity contribution < 1.29 is 19.0 Å². The minimum absolute atomic E-state index is 0.0196. The molecule has 0 aromatic carbocycles. The van der Waals surface area contributed by atoms with E-state index < -0.39 is 5.60 Å². The summed E-state index contributed by atoms with van der Waals surface area (Å²) in [6.45, 7) is 10.6. The summed E-state index contributed by atoms with van der Waals surface area (Å²) < 4.78 is 17.2. The zero-order valence-corrected chi connectivity index (χ0v) is 13.2. The molecule has 6 nitrogen and oxygen atoms in total. The molecule has 0 aromatic heterocycles. The normalized spacial score (nSPS) is 33.8. The van der Waals surface area contributed by atoms with Crippen molar-refractivity contribution in [1.29, 1.82) is 0 Å². The second kappa shape index (κ2) is 7.08. The van der Waals surface area contributed by atoms with Crippen LogP contribution in [0.4, 0.5) is 0 Å². The summed E-state index contributed by atoms with van der Waals surface area (Å²) >= 11 is 0. The number of hydrogen-bond acceptors (Lipinski definition) is 5. The molecule has 0 unspecified atom stereocenters. The number of hydrogen-bond donors (Lipinski definition) is 0. The molecule has 0 radical (unpaired) electrons. The first-order valence-electron chi connectivity index (χ1n) is 8.14. The fourth-order valence-electron chi connectivity index (χ4n) is 3.53. The van der Waals surface area contributed by atoms with Crippen LogP contribution in [0.5, 0.6) is 0 Å². The van der Waals surface area contributed by atoms with Crippen molar-refractivity contribution in [3.63, 3.8) is 0 Å². The van der Waals surface area contributed by atoms with Crippen LogP contribution in [0, 0.1) is 5.92 Å². The van der Waals surface area contributed by atoms with Gasteiger partial charge in [-0.1, -0.05) is 6.08 Å². The van der Waals surface area contributed by atoms with E-state index in [2.05, 4.69) is 11.5 Å². The molecule has 3 heterocycles. The topological polar surface area (TPSA) is 51.2 Å². The predicted octanol–water partition coefficient (Wildman–Crippen LogP) is 0.139. The maximum atomic E-state index is 12.6. The standard InChI is InChI=1S/C16H26N2O4/c1-2-4-17-5-8-21-13-16(11-17)12-18(6-9-22-16)15(19)14-3-7-20-10-14/h2,14H,1,3-13H2/t14-,16+/m0/s1. The predicted molar refractivity (Wildman–Crippen MR) is 81.6 cm³/mol. The Hall–Kier alpha value is -0.950. The van der Waals surface area contributed by atoms with Gasteiger partial charge in [0.2, 0.25) is 5.91 Å². The van der Waals surface area contributed by atoms with E-state index >= 15 is 0 Å². The van der Waals surface area contributed by atoms with E-state index in [9.17, 15) is 4.79 Å². The Kier molecular flexibility index (Phi) is 5.13. The van der Waals surface area contributed by atoms with Gasteiger partial charge in [0.25, 0.3) is 0 Å². The SMILES string of the molecule is C=CCN1CCOC[C@@]2(C1)CN(C(=O)[C@H]1CCOC1)CCO2. The Labute approximate surface area is 132 Å². The molecule has 0 aliphatic carbocycles. The van der Waals surface area contributed by atoms with Crippen LogP contribution in [-0.4, -0.2) is 87.1 Å². The highest BCUT2D eigenvalue weighted by molar-refractivity contribution is 5.79. The minimum atomic E-state index is -0.410. The molecule has 0 bridgehead atoms. The van der Waals surface area contributed by atoms with Gasteiger partial charge < -0.3 is 19.1 Å². The lowest BCUT2D eigenvalue weighted by Crippen LogP contribution is -2.60. The Morgan fingerprint density at radius 1 is 1.23 bits per heavy atom. The molecule has 124 valence electrons. The lowest BCUT2D eigenvalue weighted by molar-refractivity contribution is -0.164. The first-order chi connectivity index (χ1) is 10.7. The molecule has 1 amide bonds. The molecule has 22 heavy (non-hydrogen) atoms. The van der Waals surface area contributed by atoms with Crippen molar-refractivity contribution in [3.8, 4) is 0 Å². The Bertz CT molecular complexity index is 411. The summed E-state index contributed by atoms with van der Waals surface area (Å²) in [5.41, 5.74) is -0.410. The molecule has 2 atom stereocenters. The second-order valence-corrected chi connectivity index (χ2v) is 6.43. The van der Waals surface area contributed by atoms with E-state index in [1.54, 1.807) is 0 Å². The lowest BCUT2D eigenvalue weighted by atomic mass is 9.99. The van der Waals surface area contributed by atoms with Gasteiger partial charge in [-0.25, -0.2) is 0 Å². The highest BCUT2D eigenvalue weighted by Crippen LogP contribution is 2.25. The van der Waals surface area contributed by atoms with Gasteiger partial charge in [-0.15, -0.1) is 6.58 Å². The van der Waals surface area contributed by atoms with Crippen LogP contribution in [0.1, 0.15) is 6.42 Å². The van der Waals surface area contributed by atoms with E-state index in [4.69, 9.17) is 14.2 Å². The zero-order valence-electron chi connectivity index (χ0n) is 13.2. The average Bonchev–Trinajstić information content (AvgIpc) is 2.99. The molecule has 3 saturated heterocycles. The van der Waals surface area contributed by atoms with Crippen molar-refractivity contribution in [2.24, 2.45) is 5.92 Å². The zero-order chi connectivity index (χ0) is 15.4. The molecule has 3 rings (SSSR count). The van der Waals surface area contributed by atoms with E-state index in [-0.39, 0.29) is 11.8 Å². The number of carbonyl (C=O) groups excluding carboxylic acids is 1. The fourth-order valence-corrected chi connectivity index (χ4v) is 3.53. The Balaban J connectivity index is 1.67. The molecule has 3 aliphatic heterocycles. The van der Waals surface area contributed by atoms with Crippen LogP contribution in [0.15, 0.2) is 12.7 Å². The van der Waals surface area contributed by atoms with Crippen molar-refractivity contribution in [2.75, 3.05) is 65.8 Å². The molecular formula is C16H26N2O4. The molecule has 0 aromatic rings. The van der Waals surface area contributed by atoms with Gasteiger partial charge >= 0.3 is 0 Å². The van der Waals surface area contributed by atoms with Gasteiger partial charge in [0.05, 0.1) is 38.9 Å². The Morgan fingerprint density at radius 3 is 2.91 bits per heavy atom. The number of rotatable bonds is 3. The summed E-state index contributed by atoms with van der Waals surface area (Å²) in [5.74, 6) is 0.228. The van der Waals surface area contributed by atoms with E-state index in [1.165, 1.54) is 0 Å². The third-order valence-corrected chi connectivity index (χ3v) is 4.66. The number of ether oxygens (including phenoxy) is 3. The quantitative estimate of drug-likeness (QED) is 0.694. The maximum absolute atomic E-state index is 12.6. The number of amides is 1. The Morgan fingerprint density at radius 2 is 2.14 bits per heavy atom. The van der Waals surface area contributed by atoms with Gasteiger partial charge in [-0.3, -0.25) is 9.69 Å². The van der Waals surface area contributed by atoms with Crippen molar-refractivity contribution >= 4 is 5.91 Å². The fraction of sp³-hybridized carbons (Fsp3) is 0.812. The molecule has 3 fully saturated rings. The maximum Gasteiger partial charge on any atom is 0.228 e. The largest absolute Gasteiger partial charge is 0.381 e. The molecule has 1 spiro atoms. The average molecular weight is 310 g/mol. The smallest absolute Gasteiger partial charge is 0.228 e. The van der Waals surface area contributed by atoms with Gasteiger partial charge in [0.15, 0.2) is 0 Å². The first-order valence-corrected chi connectivity index (χ1v) is 8.14. The van der Waals surface area contributed by atoms with Crippen LogP contribution in [0.2, 0.25) is 0 Å². The van der Waals surface area contributed by atoms with Crippen molar-refractivity contribution in [1.82, 2.24) is 9.80 Å². The highest BCUT2D eigenvalue weighted by Gasteiger charge is 2.42. The monoisotopic (exact) mass is 310 g/mol. The molecule has 6 heteroatoms. The van der Waals surface area contributed by atoms with Crippen LogP contribution in [-0.2, 0) is 19.0 Å². The first kappa shape index (κ1) is 15.9. The third-order valence-electron chi connectivity index (χ3n) is 4.66. The van der Waals surface area contributed by atoms with Crippen LogP contribution in [0.25, 0.3) is 0 Å². The second-order valence-electron chi connectivity index (χ2n) is 6.43. The van der Waals surface area contributed by atoms with Gasteiger partial charge in [-0.2, -0.15) is 0 Å².